The molecule has 6 heteroatoms. The highest BCUT2D eigenvalue weighted by atomic mass is 35.5. The van der Waals surface area contributed by atoms with Gasteiger partial charge in [0.1, 0.15) is 6.54 Å². The molecule has 0 atom stereocenters. The number of aromatic nitrogens is 2. The van der Waals surface area contributed by atoms with Crippen LogP contribution >= 0.6 is 11.6 Å². The number of aliphatic hydroxyl groups is 1. The zero-order chi connectivity index (χ0) is 17.6. The lowest BCUT2D eigenvalue weighted by molar-refractivity contribution is -0.132. The first-order valence-corrected chi connectivity index (χ1v) is 8.58. The molecule has 25 heavy (non-hydrogen) atoms. The molecule has 3 rings (SSSR count). The van der Waals surface area contributed by atoms with Gasteiger partial charge in [-0.1, -0.05) is 35.9 Å². The Morgan fingerprint density at radius 1 is 1.20 bits per heavy atom. The van der Waals surface area contributed by atoms with Gasteiger partial charge in [-0.15, -0.1) is 0 Å². The Morgan fingerprint density at radius 3 is 2.84 bits per heavy atom. The first-order valence-electron chi connectivity index (χ1n) is 8.20. The van der Waals surface area contributed by atoms with Crippen molar-refractivity contribution in [1.82, 2.24) is 14.5 Å². The first kappa shape index (κ1) is 17.5. The maximum absolute atomic E-state index is 12.8. The number of benzene rings is 2. The van der Waals surface area contributed by atoms with Gasteiger partial charge in [-0.05, 0) is 36.2 Å². The predicted molar refractivity (Wildman–Crippen MR) is 98.3 cm³/mol. The number of nitrogens with zero attached hydrogens (tertiary/aromatic N) is 3. The topological polar surface area (TPSA) is 58.4 Å². The van der Waals surface area contributed by atoms with E-state index in [4.69, 9.17) is 16.7 Å². The number of amides is 1. The molecule has 0 bridgehead atoms. The Morgan fingerprint density at radius 2 is 2.04 bits per heavy atom. The summed E-state index contributed by atoms with van der Waals surface area (Å²) >= 11 is 6.04. The number of halogens is 1. The van der Waals surface area contributed by atoms with Crippen LogP contribution in [-0.4, -0.2) is 38.6 Å². The zero-order valence-electron chi connectivity index (χ0n) is 13.8. The normalized spacial score (nSPS) is 11.0. The summed E-state index contributed by atoms with van der Waals surface area (Å²) in [5.41, 5.74) is 2.77. The SMILES string of the molecule is O=C(Cn1cnc2ccccc21)N(CCCO)Cc1cccc(Cl)c1. The van der Waals surface area contributed by atoms with Crippen molar-refractivity contribution >= 4 is 28.5 Å². The molecule has 1 N–H and O–H groups in total. The fraction of sp³-hybridized carbons (Fsp3) is 0.263. The molecular formula is C19H20ClN3O2. The summed E-state index contributed by atoms with van der Waals surface area (Å²) in [6.45, 7) is 1.22. The molecule has 0 fully saturated rings. The van der Waals surface area contributed by atoms with Crippen molar-refractivity contribution in [2.45, 2.75) is 19.5 Å². The number of hydrogen-bond acceptors (Lipinski definition) is 3. The Balaban J connectivity index is 1.76. The molecule has 2 aromatic carbocycles. The Hall–Kier alpha value is -2.37. The second-order valence-electron chi connectivity index (χ2n) is 5.88. The quantitative estimate of drug-likeness (QED) is 0.706. The molecular weight excluding hydrogens is 338 g/mol. The van der Waals surface area contributed by atoms with Gasteiger partial charge in [0.2, 0.25) is 5.91 Å². The van der Waals surface area contributed by atoms with Crippen LogP contribution in [0, 0.1) is 0 Å². The van der Waals surface area contributed by atoms with E-state index >= 15 is 0 Å². The third-order valence-corrected chi connectivity index (χ3v) is 4.27. The molecule has 1 aromatic heterocycles. The lowest BCUT2D eigenvalue weighted by Crippen LogP contribution is -2.34. The second-order valence-corrected chi connectivity index (χ2v) is 6.32. The average molecular weight is 358 g/mol. The van der Waals surface area contributed by atoms with Gasteiger partial charge in [-0.2, -0.15) is 0 Å². The van der Waals surface area contributed by atoms with Crippen LogP contribution in [-0.2, 0) is 17.9 Å². The van der Waals surface area contributed by atoms with Crippen LogP contribution in [0.25, 0.3) is 11.0 Å². The molecule has 5 nitrogen and oxygen atoms in total. The van der Waals surface area contributed by atoms with E-state index in [9.17, 15) is 4.79 Å². The van der Waals surface area contributed by atoms with Gasteiger partial charge >= 0.3 is 0 Å². The number of para-hydroxylation sites is 2. The fourth-order valence-corrected chi connectivity index (χ4v) is 3.00. The molecule has 1 heterocycles. The van der Waals surface area contributed by atoms with Gasteiger partial charge < -0.3 is 14.6 Å². The van der Waals surface area contributed by atoms with E-state index in [1.54, 1.807) is 11.2 Å². The van der Waals surface area contributed by atoms with Crippen LogP contribution in [0.4, 0.5) is 0 Å². The number of carbonyl (C=O) groups is 1. The van der Waals surface area contributed by atoms with Gasteiger partial charge in [-0.25, -0.2) is 4.98 Å². The van der Waals surface area contributed by atoms with Crippen molar-refractivity contribution in [1.29, 1.82) is 0 Å². The van der Waals surface area contributed by atoms with Crippen molar-refractivity contribution in [2.75, 3.05) is 13.2 Å². The standard InChI is InChI=1S/C19H20ClN3O2/c20-16-6-3-5-15(11-16)12-22(9-4-10-24)19(25)13-23-14-21-17-7-1-2-8-18(17)23/h1-3,5-8,11,14,24H,4,9-10,12-13H2. The van der Waals surface area contributed by atoms with E-state index < -0.39 is 0 Å². The molecule has 0 aliphatic rings. The van der Waals surface area contributed by atoms with Crippen LogP contribution in [0.5, 0.6) is 0 Å². The number of carbonyl (C=O) groups excluding carboxylic acids is 1. The summed E-state index contributed by atoms with van der Waals surface area (Å²) in [4.78, 5) is 18.9. The minimum atomic E-state index is -0.0171. The van der Waals surface area contributed by atoms with E-state index in [2.05, 4.69) is 4.98 Å². The highest BCUT2D eigenvalue weighted by Gasteiger charge is 2.15. The summed E-state index contributed by atoms with van der Waals surface area (Å²) in [5.74, 6) is -0.0171. The fourth-order valence-electron chi connectivity index (χ4n) is 2.79. The third-order valence-electron chi connectivity index (χ3n) is 4.03. The van der Waals surface area contributed by atoms with Crippen molar-refractivity contribution in [3.63, 3.8) is 0 Å². The van der Waals surface area contributed by atoms with E-state index in [1.807, 2.05) is 53.1 Å². The lowest BCUT2D eigenvalue weighted by atomic mass is 10.2. The minimum Gasteiger partial charge on any atom is -0.396 e. The molecule has 0 radical (unpaired) electrons. The van der Waals surface area contributed by atoms with E-state index in [1.165, 1.54) is 0 Å². The first-order chi connectivity index (χ1) is 12.2. The molecule has 130 valence electrons. The molecule has 0 spiro atoms. The second kappa shape index (κ2) is 8.14. The van der Waals surface area contributed by atoms with Crippen molar-refractivity contribution in [3.8, 4) is 0 Å². The monoisotopic (exact) mass is 357 g/mol. The van der Waals surface area contributed by atoms with Crippen LogP contribution < -0.4 is 0 Å². The van der Waals surface area contributed by atoms with Crippen molar-refractivity contribution < 1.29 is 9.90 Å². The summed E-state index contributed by atoms with van der Waals surface area (Å²) in [6.07, 6.45) is 2.23. The van der Waals surface area contributed by atoms with Crippen LogP contribution in [0.1, 0.15) is 12.0 Å². The Bertz CT molecular complexity index is 863. The van der Waals surface area contributed by atoms with Gasteiger partial charge in [0.05, 0.1) is 17.4 Å². The summed E-state index contributed by atoms with van der Waals surface area (Å²) < 4.78 is 1.85. The molecule has 0 unspecified atom stereocenters. The minimum absolute atomic E-state index is 0.0171. The van der Waals surface area contributed by atoms with Gasteiger partial charge in [0.15, 0.2) is 0 Å². The molecule has 0 aliphatic heterocycles. The Kier molecular flexibility index (Phi) is 5.68. The van der Waals surface area contributed by atoms with Crippen molar-refractivity contribution in [3.05, 3.63) is 65.4 Å². The van der Waals surface area contributed by atoms with Crippen molar-refractivity contribution in [2.24, 2.45) is 0 Å². The largest absolute Gasteiger partial charge is 0.396 e. The highest BCUT2D eigenvalue weighted by Crippen LogP contribution is 2.15. The molecule has 0 saturated heterocycles. The van der Waals surface area contributed by atoms with Gasteiger partial charge in [0.25, 0.3) is 0 Å². The third kappa shape index (κ3) is 4.38. The van der Waals surface area contributed by atoms with Crippen LogP contribution in [0.3, 0.4) is 0 Å². The number of aliphatic hydroxyl groups excluding tert-OH is 1. The van der Waals surface area contributed by atoms with E-state index in [-0.39, 0.29) is 19.1 Å². The average Bonchev–Trinajstić information content (AvgIpc) is 3.01. The summed E-state index contributed by atoms with van der Waals surface area (Å²) in [6, 6.07) is 15.2. The van der Waals surface area contributed by atoms with Gasteiger partial charge in [0, 0.05) is 24.7 Å². The zero-order valence-corrected chi connectivity index (χ0v) is 14.6. The predicted octanol–water partition coefficient (Wildman–Crippen LogP) is 3.10. The molecule has 1 amide bonds. The summed E-state index contributed by atoms with van der Waals surface area (Å²) in [7, 11) is 0. The van der Waals surface area contributed by atoms with E-state index in [0.29, 0.717) is 24.5 Å². The molecule has 3 aromatic rings. The lowest BCUT2D eigenvalue weighted by Gasteiger charge is -2.23. The number of imidazole rings is 1. The number of hydrogen-bond donors (Lipinski definition) is 1. The number of rotatable bonds is 7. The number of fused-ring (bicyclic) bond motifs is 1. The van der Waals surface area contributed by atoms with Gasteiger partial charge in [-0.3, -0.25) is 4.79 Å². The smallest absolute Gasteiger partial charge is 0.242 e. The maximum atomic E-state index is 12.8. The summed E-state index contributed by atoms with van der Waals surface area (Å²) in [5, 5.41) is 9.78. The maximum Gasteiger partial charge on any atom is 0.242 e. The molecule has 0 aliphatic carbocycles. The highest BCUT2D eigenvalue weighted by molar-refractivity contribution is 6.30. The Labute approximate surface area is 151 Å². The van der Waals surface area contributed by atoms with Crippen LogP contribution in [0.2, 0.25) is 5.02 Å². The van der Waals surface area contributed by atoms with E-state index in [0.717, 1.165) is 16.6 Å². The van der Waals surface area contributed by atoms with Crippen LogP contribution in [0.15, 0.2) is 54.9 Å². The molecule has 0 saturated carbocycles.